The van der Waals surface area contributed by atoms with E-state index in [0.717, 1.165) is 19.0 Å². The molecule has 2 fully saturated rings. The molecule has 2 rings (SSSR count). The van der Waals surface area contributed by atoms with Crippen LogP contribution in [0, 0.1) is 0 Å². The third-order valence-electron chi connectivity index (χ3n) is 4.61. The first-order valence-corrected chi connectivity index (χ1v) is 7.33. The Morgan fingerprint density at radius 3 is 2.41 bits per heavy atom. The van der Waals surface area contributed by atoms with E-state index in [1.807, 2.05) is 7.11 Å². The van der Waals surface area contributed by atoms with Crippen LogP contribution in [0.25, 0.3) is 0 Å². The van der Waals surface area contributed by atoms with E-state index >= 15 is 0 Å². The molecule has 2 unspecified atom stereocenters. The van der Waals surface area contributed by atoms with E-state index < -0.39 is 0 Å². The van der Waals surface area contributed by atoms with E-state index in [1.54, 1.807) is 0 Å². The molecule has 0 amide bonds. The van der Waals surface area contributed by atoms with Crippen LogP contribution in [0.5, 0.6) is 0 Å². The Kier molecular flexibility index (Phi) is 5.26. The van der Waals surface area contributed by atoms with Crippen LogP contribution in [0.1, 0.15) is 51.4 Å². The second kappa shape index (κ2) is 6.72. The van der Waals surface area contributed by atoms with E-state index in [9.17, 15) is 0 Å². The van der Waals surface area contributed by atoms with Crippen molar-refractivity contribution < 1.29 is 4.74 Å². The summed E-state index contributed by atoms with van der Waals surface area (Å²) < 4.78 is 5.50. The lowest BCUT2D eigenvalue weighted by Crippen LogP contribution is -2.52. The molecule has 3 heteroatoms. The fourth-order valence-electron chi connectivity index (χ4n) is 3.55. The van der Waals surface area contributed by atoms with Crippen molar-refractivity contribution in [2.24, 2.45) is 5.73 Å². The molecule has 0 aromatic rings. The van der Waals surface area contributed by atoms with Gasteiger partial charge in [0.15, 0.2) is 0 Å². The van der Waals surface area contributed by atoms with Gasteiger partial charge < -0.3 is 10.5 Å². The fraction of sp³-hybridized carbons (Fsp3) is 1.00. The Labute approximate surface area is 106 Å². The lowest BCUT2D eigenvalue weighted by Gasteiger charge is -2.43. The summed E-state index contributed by atoms with van der Waals surface area (Å²) in [5, 5.41) is 0. The molecule has 0 aromatic carbocycles. The predicted octanol–water partition coefficient (Wildman–Crippen LogP) is 2.15. The number of nitrogens with zero attached hydrogens (tertiary/aromatic N) is 1. The van der Waals surface area contributed by atoms with Crippen molar-refractivity contribution in [2.45, 2.75) is 69.6 Å². The molecule has 100 valence electrons. The standard InChI is InChI=1S/C14H28N2O/c1-17-14-8-9-16(13(10-14)11-15)12-6-4-2-3-5-7-12/h12-14H,2-11,15H2,1H3. The first kappa shape index (κ1) is 13.3. The SMILES string of the molecule is COC1CCN(C2CCCCCC2)C(CN)C1. The number of likely N-dealkylation sites (tertiary alicyclic amines) is 1. The summed E-state index contributed by atoms with van der Waals surface area (Å²) in [5.41, 5.74) is 5.96. The van der Waals surface area contributed by atoms with E-state index in [2.05, 4.69) is 4.90 Å². The third kappa shape index (κ3) is 3.43. The third-order valence-corrected chi connectivity index (χ3v) is 4.61. The van der Waals surface area contributed by atoms with Gasteiger partial charge >= 0.3 is 0 Å². The monoisotopic (exact) mass is 240 g/mol. The maximum atomic E-state index is 5.96. The predicted molar refractivity (Wildman–Crippen MR) is 71.1 cm³/mol. The highest BCUT2D eigenvalue weighted by molar-refractivity contribution is 4.88. The minimum absolute atomic E-state index is 0.436. The van der Waals surface area contributed by atoms with Gasteiger partial charge in [-0.05, 0) is 25.7 Å². The van der Waals surface area contributed by atoms with Gasteiger partial charge in [-0.2, -0.15) is 0 Å². The lowest BCUT2D eigenvalue weighted by atomic mass is 9.94. The minimum Gasteiger partial charge on any atom is -0.381 e. The first-order chi connectivity index (χ1) is 8.35. The van der Waals surface area contributed by atoms with Gasteiger partial charge in [0.1, 0.15) is 0 Å². The molecule has 1 saturated heterocycles. The van der Waals surface area contributed by atoms with Crippen LogP contribution in [-0.4, -0.2) is 43.3 Å². The van der Waals surface area contributed by atoms with Crippen molar-refractivity contribution >= 4 is 0 Å². The number of methoxy groups -OCH3 is 1. The molecule has 0 spiro atoms. The van der Waals surface area contributed by atoms with Crippen LogP contribution in [-0.2, 0) is 4.74 Å². The number of nitrogens with two attached hydrogens (primary N) is 1. The maximum Gasteiger partial charge on any atom is 0.0599 e. The van der Waals surface area contributed by atoms with E-state index in [1.165, 1.54) is 51.5 Å². The highest BCUT2D eigenvalue weighted by atomic mass is 16.5. The average Bonchev–Trinajstić information content (AvgIpc) is 2.66. The lowest BCUT2D eigenvalue weighted by molar-refractivity contribution is -0.00686. The molecule has 0 aromatic heterocycles. The van der Waals surface area contributed by atoms with E-state index in [0.29, 0.717) is 12.1 Å². The zero-order valence-electron chi connectivity index (χ0n) is 11.2. The van der Waals surface area contributed by atoms with Crippen LogP contribution in [0.15, 0.2) is 0 Å². The highest BCUT2D eigenvalue weighted by Gasteiger charge is 2.32. The molecule has 17 heavy (non-hydrogen) atoms. The molecule has 2 aliphatic rings. The first-order valence-electron chi connectivity index (χ1n) is 7.33. The molecule has 2 N–H and O–H groups in total. The molecule has 1 heterocycles. The largest absolute Gasteiger partial charge is 0.381 e. The summed E-state index contributed by atoms with van der Waals surface area (Å²) in [6.07, 6.45) is 11.2. The number of rotatable bonds is 3. The fourth-order valence-corrected chi connectivity index (χ4v) is 3.55. The number of ether oxygens (including phenoxy) is 1. The van der Waals surface area contributed by atoms with Crippen LogP contribution < -0.4 is 5.73 Å². The molecule has 1 aliphatic carbocycles. The van der Waals surface area contributed by atoms with Crippen molar-refractivity contribution in [3.8, 4) is 0 Å². The van der Waals surface area contributed by atoms with E-state index in [-0.39, 0.29) is 0 Å². The second-order valence-corrected chi connectivity index (χ2v) is 5.65. The molecule has 1 saturated carbocycles. The van der Waals surface area contributed by atoms with Gasteiger partial charge in [0.2, 0.25) is 0 Å². The second-order valence-electron chi connectivity index (χ2n) is 5.65. The van der Waals surface area contributed by atoms with Crippen LogP contribution in [0.2, 0.25) is 0 Å². The molecule has 0 bridgehead atoms. The van der Waals surface area contributed by atoms with Gasteiger partial charge in [0.25, 0.3) is 0 Å². The van der Waals surface area contributed by atoms with Gasteiger partial charge in [0, 0.05) is 32.3 Å². The topological polar surface area (TPSA) is 38.5 Å². The van der Waals surface area contributed by atoms with Gasteiger partial charge in [-0.25, -0.2) is 0 Å². The van der Waals surface area contributed by atoms with Gasteiger partial charge in [-0.15, -0.1) is 0 Å². The Morgan fingerprint density at radius 1 is 1.12 bits per heavy atom. The van der Waals surface area contributed by atoms with Crippen LogP contribution >= 0.6 is 0 Å². The molecule has 3 nitrogen and oxygen atoms in total. The number of hydrogen-bond acceptors (Lipinski definition) is 3. The Bertz CT molecular complexity index is 214. The summed E-state index contributed by atoms with van der Waals surface area (Å²) in [6.45, 7) is 1.97. The minimum atomic E-state index is 0.436. The van der Waals surface area contributed by atoms with E-state index in [4.69, 9.17) is 10.5 Å². The van der Waals surface area contributed by atoms with Crippen molar-refractivity contribution in [1.29, 1.82) is 0 Å². The van der Waals surface area contributed by atoms with Crippen molar-refractivity contribution in [2.75, 3.05) is 20.2 Å². The molecule has 2 atom stereocenters. The molecule has 0 radical (unpaired) electrons. The summed E-state index contributed by atoms with van der Waals surface area (Å²) in [5.74, 6) is 0. The zero-order valence-corrected chi connectivity index (χ0v) is 11.2. The molecule has 1 aliphatic heterocycles. The van der Waals surface area contributed by atoms with Crippen molar-refractivity contribution in [3.63, 3.8) is 0 Å². The Hall–Kier alpha value is -0.120. The summed E-state index contributed by atoms with van der Waals surface area (Å²) in [4.78, 5) is 2.70. The Balaban J connectivity index is 1.93. The average molecular weight is 240 g/mol. The van der Waals surface area contributed by atoms with Crippen molar-refractivity contribution in [1.82, 2.24) is 4.90 Å². The molecular formula is C14H28N2O. The summed E-state index contributed by atoms with van der Waals surface area (Å²) >= 11 is 0. The summed E-state index contributed by atoms with van der Waals surface area (Å²) in [7, 11) is 1.83. The highest BCUT2D eigenvalue weighted by Crippen LogP contribution is 2.28. The number of hydrogen-bond donors (Lipinski definition) is 1. The van der Waals surface area contributed by atoms with Crippen molar-refractivity contribution in [3.05, 3.63) is 0 Å². The smallest absolute Gasteiger partial charge is 0.0599 e. The van der Waals surface area contributed by atoms with Gasteiger partial charge in [-0.3, -0.25) is 4.90 Å². The maximum absolute atomic E-state index is 5.96. The number of piperidine rings is 1. The van der Waals surface area contributed by atoms with Gasteiger partial charge in [-0.1, -0.05) is 25.7 Å². The molecular weight excluding hydrogens is 212 g/mol. The normalized spacial score (nSPS) is 33.5. The van der Waals surface area contributed by atoms with Gasteiger partial charge in [0.05, 0.1) is 6.10 Å². The van der Waals surface area contributed by atoms with Crippen LogP contribution in [0.3, 0.4) is 0 Å². The zero-order chi connectivity index (χ0) is 12.1. The Morgan fingerprint density at radius 2 is 1.82 bits per heavy atom. The van der Waals surface area contributed by atoms with Crippen LogP contribution in [0.4, 0.5) is 0 Å². The quantitative estimate of drug-likeness (QED) is 0.768. The summed E-state index contributed by atoms with van der Waals surface area (Å²) in [6, 6.07) is 1.35.